The highest BCUT2D eigenvalue weighted by Gasteiger charge is 2.16. The molecule has 0 saturated heterocycles. The van der Waals surface area contributed by atoms with Crippen LogP contribution in [0, 0.1) is 5.92 Å². The fraction of sp³-hybridized carbons (Fsp3) is 0.909. The molecule has 0 bridgehead atoms. The minimum Gasteiger partial charge on any atom is -0.298 e. The maximum absolute atomic E-state index is 11.4. The zero-order chi connectivity index (χ0) is 10.4. The molecular formula is C11H23NO. The second-order valence-corrected chi connectivity index (χ2v) is 3.95. The van der Waals surface area contributed by atoms with Crippen molar-refractivity contribution in [2.24, 2.45) is 5.92 Å². The second kappa shape index (κ2) is 6.14. The van der Waals surface area contributed by atoms with Crippen molar-refractivity contribution in [3.8, 4) is 0 Å². The van der Waals surface area contributed by atoms with E-state index in [9.17, 15) is 4.79 Å². The quantitative estimate of drug-likeness (QED) is 0.633. The van der Waals surface area contributed by atoms with Crippen LogP contribution in [-0.4, -0.2) is 30.3 Å². The van der Waals surface area contributed by atoms with Crippen LogP contribution in [0.5, 0.6) is 0 Å². The van der Waals surface area contributed by atoms with Crippen molar-refractivity contribution in [1.29, 1.82) is 0 Å². The van der Waals surface area contributed by atoms with Crippen molar-refractivity contribution in [3.05, 3.63) is 0 Å². The first-order valence-electron chi connectivity index (χ1n) is 5.25. The number of carbonyl (C=O) groups is 1. The third-order valence-electron chi connectivity index (χ3n) is 2.77. The van der Waals surface area contributed by atoms with Gasteiger partial charge in [-0.25, -0.2) is 0 Å². The molecule has 0 radical (unpaired) electrons. The van der Waals surface area contributed by atoms with Gasteiger partial charge in [-0.05, 0) is 19.9 Å². The summed E-state index contributed by atoms with van der Waals surface area (Å²) in [6.45, 7) is 9.35. The van der Waals surface area contributed by atoms with Gasteiger partial charge < -0.3 is 0 Å². The van der Waals surface area contributed by atoms with E-state index in [-0.39, 0.29) is 6.04 Å². The van der Waals surface area contributed by atoms with E-state index in [2.05, 4.69) is 18.7 Å². The van der Waals surface area contributed by atoms with Crippen LogP contribution in [0.25, 0.3) is 0 Å². The number of Topliss-reactive ketones (excluding diaryl/α,β-unsaturated/α-hetero) is 1. The van der Waals surface area contributed by atoms with Crippen LogP contribution >= 0.6 is 0 Å². The molecular weight excluding hydrogens is 162 g/mol. The van der Waals surface area contributed by atoms with Crippen molar-refractivity contribution < 1.29 is 4.79 Å². The number of likely N-dealkylation sites (N-methyl/N-ethyl adjacent to an activating group) is 1. The molecule has 2 atom stereocenters. The van der Waals surface area contributed by atoms with Gasteiger partial charge in [0.05, 0.1) is 6.04 Å². The molecule has 0 rings (SSSR count). The summed E-state index contributed by atoms with van der Waals surface area (Å²) in [5.41, 5.74) is 0. The molecule has 0 amide bonds. The van der Waals surface area contributed by atoms with E-state index in [1.165, 1.54) is 6.42 Å². The lowest BCUT2D eigenvalue weighted by atomic mass is 10.1. The Balaban J connectivity index is 3.95. The second-order valence-electron chi connectivity index (χ2n) is 3.95. The summed E-state index contributed by atoms with van der Waals surface area (Å²) in [7, 11) is 2.03. The largest absolute Gasteiger partial charge is 0.298 e. The van der Waals surface area contributed by atoms with E-state index in [0.29, 0.717) is 18.1 Å². The molecule has 0 aromatic carbocycles. The predicted molar refractivity (Wildman–Crippen MR) is 56.8 cm³/mol. The summed E-state index contributed by atoms with van der Waals surface area (Å²) in [5, 5.41) is 0. The van der Waals surface area contributed by atoms with Crippen LogP contribution < -0.4 is 0 Å². The smallest absolute Gasteiger partial charge is 0.149 e. The van der Waals surface area contributed by atoms with Gasteiger partial charge in [-0.15, -0.1) is 0 Å². The maximum atomic E-state index is 11.4. The fourth-order valence-corrected chi connectivity index (χ4v) is 1.32. The van der Waals surface area contributed by atoms with Crippen LogP contribution in [-0.2, 0) is 4.79 Å². The lowest BCUT2D eigenvalue weighted by Gasteiger charge is -2.25. The Labute approximate surface area is 82.3 Å². The van der Waals surface area contributed by atoms with Crippen molar-refractivity contribution >= 4 is 5.78 Å². The summed E-state index contributed by atoms with van der Waals surface area (Å²) in [4.78, 5) is 13.5. The summed E-state index contributed by atoms with van der Waals surface area (Å²) in [6.07, 6.45) is 1.82. The monoisotopic (exact) mass is 185 g/mol. The molecule has 78 valence electrons. The van der Waals surface area contributed by atoms with Crippen molar-refractivity contribution in [3.63, 3.8) is 0 Å². The first-order valence-corrected chi connectivity index (χ1v) is 5.25. The number of rotatable bonds is 6. The molecule has 0 aliphatic carbocycles. The molecule has 0 aromatic rings. The zero-order valence-electron chi connectivity index (χ0n) is 9.63. The lowest BCUT2D eigenvalue weighted by molar-refractivity contribution is -0.123. The SMILES string of the molecule is CCC(=O)C(C)N(C)CC(C)CC. The van der Waals surface area contributed by atoms with Gasteiger partial charge in [0.2, 0.25) is 0 Å². The Kier molecular flexibility index (Phi) is 5.97. The first kappa shape index (κ1) is 12.6. The number of ketones is 1. The minimum atomic E-state index is 0.0824. The van der Waals surface area contributed by atoms with Gasteiger partial charge in [0.15, 0.2) is 0 Å². The molecule has 13 heavy (non-hydrogen) atoms. The fourth-order valence-electron chi connectivity index (χ4n) is 1.32. The number of nitrogens with zero attached hydrogens (tertiary/aromatic N) is 1. The third kappa shape index (κ3) is 4.41. The maximum Gasteiger partial charge on any atom is 0.149 e. The standard InChI is InChI=1S/C11H23NO/c1-6-9(3)8-12(5)10(4)11(13)7-2/h9-10H,6-8H2,1-5H3. The van der Waals surface area contributed by atoms with Gasteiger partial charge in [-0.3, -0.25) is 9.69 Å². The number of hydrogen-bond acceptors (Lipinski definition) is 2. The van der Waals surface area contributed by atoms with Crippen LogP contribution in [0.2, 0.25) is 0 Å². The predicted octanol–water partition coefficient (Wildman–Crippen LogP) is 2.33. The average molecular weight is 185 g/mol. The molecule has 2 nitrogen and oxygen atoms in total. The summed E-state index contributed by atoms with van der Waals surface area (Å²) >= 11 is 0. The van der Waals surface area contributed by atoms with E-state index in [1.54, 1.807) is 0 Å². The lowest BCUT2D eigenvalue weighted by Crippen LogP contribution is -2.38. The zero-order valence-corrected chi connectivity index (χ0v) is 9.63. The van der Waals surface area contributed by atoms with Gasteiger partial charge in [-0.1, -0.05) is 27.2 Å². The van der Waals surface area contributed by atoms with Gasteiger partial charge in [0.25, 0.3) is 0 Å². The van der Waals surface area contributed by atoms with Crippen molar-refractivity contribution in [2.75, 3.05) is 13.6 Å². The Morgan fingerprint density at radius 2 is 1.85 bits per heavy atom. The van der Waals surface area contributed by atoms with E-state index in [1.807, 2.05) is 20.9 Å². The Morgan fingerprint density at radius 3 is 2.23 bits per heavy atom. The van der Waals surface area contributed by atoms with E-state index >= 15 is 0 Å². The summed E-state index contributed by atoms with van der Waals surface area (Å²) in [6, 6.07) is 0.0824. The van der Waals surface area contributed by atoms with Crippen LogP contribution in [0.4, 0.5) is 0 Å². The van der Waals surface area contributed by atoms with E-state index in [0.717, 1.165) is 6.54 Å². The molecule has 2 unspecified atom stereocenters. The van der Waals surface area contributed by atoms with Crippen LogP contribution in [0.15, 0.2) is 0 Å². The molecule has 0 fully saturated rings. The van der Waals surface area contributed by atoms with E-state index in [4.69, 9.17) is 0 Å². The van der Waals surface area contributed by atoms with Crippen molar-refractivity contribution in [1.82, 2.24) is 4.90 Å². The Hall–Kier alpha value is -0.370. The minimum absolute atomic E-state index is 0.0824. The normalized spacial score (nSPS) is 15.8. The molecule has 0 aromatic heterocycles. The van der Waals surface area contributed by atoms with Crippen LogP contribution in [0.3, 0.4) is 0 Å². The van der Waals surface area contributed by atoms with Crippen molar-refractivity contribution in [2.45, 2.75) is 46.6 Å². The topological polar surface area (TPSA) is 20.3 Å². The molecule has 0 heterocycles. The molecule has 0 N–H and O–H groups in total. The Bertz CT molecular complexity index is 156. The molecule has 0 spiro atoms. The highest BCUT2D eigenvalue weighted by molar-refractivity contribution is 5.83. The van der Waals surface area contributed by atoms with Gasteiger partial charge in [0, 0.05) is 13.0 Å². The van der Waals surface area contributed by atoms with Crippen LogP contribution in [0.1, 0.15) is 40.5 Å². The molecule has 0 aliphatic heterocycles. The third-order valence-corrected chi connectivity index (χ3v) is 2.77. The molecule has 0 aliphatic rings. The highest BCUT2D eigenvalue weighted by Crippen LogP contribution is 2.07. The van der Waals surface area contributed by atoms with Gasteiger partial charge >= 0.3 is 0 Å². The summed E-state index contributed by atoms with van der Waals surface area (Å²) in [5.74, 6) is 1.02. The first-order chi connectivity index (χ1) is 6.02. The molecule has 0 saturated carbocycles. The van der Waals surface area contributed by atoms with Gasteiger partial charge in [0.1, 0.15) is 5.78 Å². The highest BCUT2D eigenvalue weighted by atomic mass is 16.1. The average Bonchev–Trinajstić information content (AvgIpc) is 2.14. The summed E-state index contributed by atoms with van der Waals surface area (Å²) < 4.78 is 0. The number of hydrogen-bond donors (Lipinski definition) is 0. The Morgan fingerprint density at radius 1 is 1.31 bits per heavy atom. The number of carbonyl (C=O) groups excluding carboxylic acids is 1. The van der Waals surface area contributed by atoms with Gasteiger partial charge in [-0.2, -0.15) is 0 Å². The van der Waals surface area contributed by atoms with E-state index < -0.39 is 0 Å². The molecule has 2 heteroatoms.